The number of rotatable bonds is 10. The van der Waals surface area contributed by atoms with Crippen molar-refractivity contribution in [2.75, 3.05) is 19.6 Å². The van der Waals surface area contributed by atoms with E-state index in [0.717, 1.165) is 19.6 Å². The number of carboxylic acids is 1. The molecule has 118 valence electrons. The third-order valence-corrected chi connectivity index (χ3v) is 3.89. The topological polar surface area (TPSA) is 52.6 Å². The van der Waals surface area contributed by atoms with Crippen LogP contribution >= 0.6 is 0 Å². The summed E-state index contributed by atoms with van der Waals surface area (Å²) >= 11 is 0. The summed E-state index contributed by atoms with van der Waals surface area (Å²) in [4.78, 5) is 13.1. The summed E-state index contributed by atoms with van der Waals surface area (Å²) in [6.45, 7) is 9.24. The molecule has 2 N–H and O–H groups in total. The quantitative estimate of drug-likeness (QED) is 0.696. The lowest BCUT2D eigenvalue weighted by Crippen LogP contribution is -2.39. The number of aliphatic carboxylic acids is 1. The minimum absolute atomic E-state index is 0.211. The lowest BCUT2D eigenvalue weighted by molar-refractivity contribution is -0.137. The normalized spacial score (nSPS) is 14.1. The Bertz CT molecular complexity index is 405. The molecule has 1 rings (SSSR count). The van der Waals surface area contributed by atoms with Gasteiger partial charge in [-0.25, -0.2) is 0 Å². The first kappa shape index (κ1) is 17.7. The van der Waals surface area contributed by atoms with E-state index in [1.807, 2.05) is 13.0 Å². The van der Waals surface area contributed by atoms with E-state index < -0.39 is 5.97 Å². The highest BCUT2D eigenvalue weighted by Crippen LogP contribution is 2.19. The van der Waals surface area contributed by atoms with Crippen LogP contribution in [-0.2, 0) is 4.79 Å². The lowest BCUT2D eigenvalue weighted by Gasteiger charge is -2.31. The number of likely N-dealkylation sites (N-methyl/N-ethyl adjacent to an activating group) is 1. The van der Waals surface area contributed by atoms with E-state index in [9.17, 15) is 4.79 Å². The summed E-state index contributed by atoms with van der Waals surface area (Å²) in [5, 5.41) is 12.2. The van der Waals surface area contributed by atoms with Crippen LogP contribution in [0.4, 0.5) is 0 Å². The fourth-order valence-electron chi connectivity index (χ4n) is 2.55. The molecule has 0 aliphatic carbocycles. The summed E-state index contributed by atoms with van der Waals surface area (Å²) in [6.07, 6.45) is 0.879. The van der Waals surface area contributed by atoms with Crippen LogP contribution in [0.5, 0.6) is 0 Å². The third-order valence-electron chi connectivity index (χ3n) is 3.89. The monoisotopic (exact) mass is 292 g/mol. The Hall–Kier alpha value is -1.39. The number of nitrogens with one attached hydrogen (secondary N) is 1. The molecule has 0 bridgehead atoms. The van der Waals surface area contributed by atoms with Crippen LogP contribution in [0.15, 0.2) is 30.3 Å². The van der Waals surface area contributed by atoms with Gasteiger partial charge in [0.2, 0.25) is 0 Å². The van der Waals surface area contributed by atoms with Crippen molar-refractivity contribution in [2.24, 2.45) is 0 Å². The summed E-state index contributed by atoms with van der Waals surface area (Å²) in [5.74, 6) is -0.730. The van der Waals surface area contributed by atoms with Gasteiger partial charge >= 0.3 is 5.97 Å². The van der Waals surface area contributed by atoms with E-state index >= 15 is 0 Å². The maximum Gasteiger partial charge on any atom is 0.303 e. The second kappa shape index (κ2) is 9.53. The summed E-state index contributed by atoms with van der Waals surface area (Å²) in [7, 11) is 0. The highest BCUT2D eigenvalue weighted by atomic mass is 16.4. The Labute approximate surface area is 128 Å². The van der Waals surface area contributed by atoms with Crippen LogP contribution in [-0.4, -0.2) is 41.7 Å². The van der Waals surface area contributed by atoms with Gasteiger partial charge in [-0.15, -0.1) is 0 Å². The zero-order chi connectivity index (χ0) is 15.7. The van der Waals surface area contributed by atoms with Gasteiger partial charge in [-0.1, -0.05) is 44.2 Å². The van der Waals surface area contributed by atoms with Gasteiger partial charge in [0.25, 0.3) is 0 Å². The highest BCUT2D eigenvalue weighted by molar-refractivity contribution is 5.66. The number of carboxylic acid groups (broad SMARTS) is 1. The van der Waals surface area contributed by atoms with E-state index in [1.165, 1.54) is 5.56 Å². The minimum Gasteiger partial charge on any atom is -0.481 e. The molecular formula is C17H28N2O2. The first-order valence-electron chi connectivity index (χ1n) is 7.82. The molecule has 4 heteroatoms. The Kier molecular flexibility index (Phi) is 8.01. The predicted octanol–water partition coefficient (Wildman–Crippen LogP) is 2.91. The van der Waals surface area contributed by atoms with Gasteiger partial charge in [0.15, 0.2) is 0 Å². The van der Waals surface area contributed by atoms with Crippen molar-refractivity contribution in [1.82, 2.24) is 10.2 Å². The SMILES string of the molecule is CCN(CC)C(CNC(C)CCC(=O)O)c1ccccc1. The number of nitrogens with zero attached hydrogens (tertiary/aromatic N) is 1. The smallest absolute Gasteiger partial charge is 0.303 e. The van der Waals surface area contributed by atoms with E-state index in [0.29, 0.717) is 12.5 Å². The van der Waals surface area contributed by atoms with Crippen molar-refractivity contribution in [2.45, 2.75) is 45.7 Å². The second-order valence-electron chi connectivity index (χ2n) is 5.39. The molecule has 0 spiro atoms. The van der Waals surface area contributed by atoms with Gasteiger partial charge < -0.3 is 10.4 Å². The molecule has 0 aliphatic rings. The van der Waals surface area contributed by atoms with Gasteiger partial charge in [-0.2, -0.15) is 0 Å². The van der Waals surface area contributed by atoms with Crippen molar-refractivity contribution in [3.05, 3.63) is 35.9 Å². The fourth-order valence-corrected chi connectivity index (χ4v) is 2.55. The molecule has 0 amide bonds. The van der Waals surface area contributed by atoms with Gasteiger partial charge in [0.1, 0.15) is 0 Å². The highest BCUT2D eigenvalue weighted by Gasteiger charge is 2.18. The molecule has 21 heavy (non-hydrogen) atoms. The van der Waals surface area contributed by atoms with E-state index in [2.05, 4.69) is 48.3 Å². The number of hydrogen-bond acceptors (Lipinski definition) is 3. The molecule has 1 aromatic carbocycles. The van der Waals surface area contributed by atoms with Crippen LogP contribution in [0.2, 0.25) is 0 Å². The second-order valence-corrected chi connectivity index (χ2v) is 5.39. The van der Waals surface area contributed by atoms with Crippen molar-refractivity contribution < 1.29 is 9.90 Å². The molecule has 4 nitrogen and oxygen atoms in total. The third kappa shape index (κ3) is 6.27. The molecule has 0 saturated carbocycles. The first-order chi connectivity index (χ1) is 10.1. The number of hydrogen-bond donors (Lipinski definition) is 2. The van der Waals surface area contributed by atoms with Crippen molar-refractivity contribution >= 4 is 5.97 Å². The average molecular weight is 292 g/mol. The van der Waals surface area contributed by atoms with Crippen LogP contribution in [0.25, 0.3) is 0 Å². The molecule has 0 radical (unpaired) electrons. The maximum absolute atomic E-state index is 10.6. The van der Waals surface area contributed by atoms with Gasteiger partial charge in [-0.05, 0) is 32.0 Å². The standard InChI is InChI=1S/C17H28N2O2/c1-4-19(5-2)16(15-9-7-6-8-10-15)13-18-14(3)11-12-17(20)21/h6-10,14,16,18H,4-5,11-13H2,1-3H3,(H,20,21). The number of benzene rings is 1. The van der Waals surface area contributed by atoms with Crippen LogP contribution in [0.1, 0.15) is 45.2 Å². The minimum atomic E-state index is -0.730. The maximum atomic E-state index is 10.6. The Balaban J connectivity index is 2.64. The van der Waals surface area contributed by atoms with Crippen LogP contribution in [0, 0.1) is 0 Å². The fraction of sp³-hybridized carbons (Fsp3) is 0.588. The predicted molar refractivity (Wildman–Crippen MR) is 86.4 cm³/mol. The Morgan fingerprint density at radius 2 is 1.86 bits per heavy atom. The van der Waals surface area contributed by atoms with E-state index in [-0.39, 0.29) is 12.5 Å². The molecule has 2 atom stereocenters. The Morgan fingerprint density at radius 3 is 2.38 bits per heavy atom. The average Bonchev–Trinajstić information content (AvgIpc) is 2.50. The molecule has 2 unspecified atom stereocenters. The first-order valence-corrected chi connectivity index (χ1v) is 7.82. The van der Waals surface area contributed by atoms with Gasteiger partial charge in [0, 0.05) is 25.0 Å². The van der Waals surface area contributed by atoms with Crippen molar-refractivity contribution in [3.63, 3.8) is 0 Å². The molecule has 1 aromatic rings. The lowest BCUT2D eigenvalue weighted by atomic mass is 10.0. The van der Waals surface area contributed by atoms with Crippen molar-refractivity contribution in [1.29, 1.82) is 0 Å². The molecule has 0 saturated heterocycles. The van der Waals surface area contributed by atoms with E-state index in [4.69, 9.17) is 5.11 Å². The number of carbonyl (C=O) groups is 1. The molecule has 0 heterocycles. The summed E-state index contributed by atoms with van der Waals surface area (Å²) in [6, 6.07) is 11.0. The zero-order valence-electron chi connectivity index (χ0n) is 13.4. The van der Waals surface area contributed by atoms with Gasteiger partial charge in [0.05, 0.1) is 0 Å². The van der Waals surface area contributed by atoms with Crippen LogP contribution in [0.3, 0.4) is 0 Å². The van der Waals surface area contributed by atoms with E-state index in [1.54, 1.807) is 0 Å². The van der Waals surface area contributed by atoms with Crippen molar-refractivity contribution in [3.8, 4) is 0 Å². The summed E-state index contributed by atoms with van der Waals surface area (Å²) < 4.78 is 0. The molecular weight excluding hydrogens is 264 g/mol. The van der Waals surface area contributed by atoms with Gasteiger partial charge in [-0.3, -0.25) is 9.69 Å². The van der Waals surface area contributed by atoms with Crippen LogP contribution < -0.4 is 5.32 Å². The molecule has 0 aliphatic heterocycles. The molecule has 0 fully saturated rings. The zero-order valence-corrected chi connectivity index (χ0v) is 13.4. The Morgan fingerprint density at radius 1 is 1.24 bits per heavy atom. The molecule has 0 aromatic heterocycles. The summed E-state index contributed by atoms with van der Waals surface area (Å²) in [5.41, 5.74) is 1.30. The largest absolute Gasteiger partial charge is 0.481 e.